The molecule has 1 aromatic rings. The van der Waals surface area contributed by atoms with Crippen LogP contribution in [-0.2, 0) is 0 Å². The highest BCUT2D eigenvalue weighted by Gasteiger charge is 2.25. The maximum Gasteiger partial charge on any atom is 0.0418 e. The first kappa shape index (κ1) is 9.53. The van der Waals surface area contributed by atoms with E-state index in [0.29, 0.717) is 6.04 Å². The third kappa shape index (κ3) is 1.75. The largest absolute Gasteiger partial charge is 0.368 e. The molecule has 0 atom stereocenters. The van der Waals surface area contributed by atoms with Crippen molar-refractivity contribution in [3.8, 4) is 0 Å². The van der Waals surface area contributed by atoms with Gasteiger partial charge in [-0.05, 0) is 44.2 Å². The molecule has 0 saturated carbocycles. The van der Waals surface area contributed by atoms with Crippen molar-refractivity contribution in [3.05, 3.63) is 29.3 Å². The van der Waals surface area contributed by atoms with E-state index in [1.54, 1.807) is 0 Å². The van der Waals surface area contributed by atoms with Crippen LogP contribution in [0, 0.1) is 13.8 Å². The van der Waals surface area contributed by atoms with Gasteiger partial charge in [0.15, 0.2) is 0 Å². The van der Waals surface area contributed by atoms with E-state index in [2.05, 4.69) is 42.3 Å². The Morgan fingerprint density at radius 1 is 1.14 bits per heavy atom. The fourth-order valence-electron chi connectivity index (χ4n) is 2.01. The normalized spacial score (nSPS) is 16.9. The van der Waals surface area contributed by atoms with Crippen LogP contribution in [0.4, 0.5) is 5.69 Å². The fourth-order valence-corrected chi connectivity index (χ4v) is 2.01. The van der Waals surface area contributed by atoms with Crippen LogP contribution in [0.1, 0.15) is 11.1 Å². The quantitative estimate of drug-likeness (QED) is 0.763. The first-order valence-electron chi connectivity index (χ1n) is 5.19. The van der Waals surface area contributed by atoms with Gasteiger partial charge in [0, 0.05) is 24.8 Å². The van der Waals surface area contributed by atoms with E-state index < -0.39 is 0 Å². The Bertz CT molecular complexity index is 307. The molecule has 1 aromatic carbocycles. The maximum absolute atomic E-state index is 3.29. The highest BCUT2D eigenvalue weighted by atomic mass is 15.2. The smallest absolute Gasteiger partial charge is 0.0418 e. The van der Waals surface area contributed by atoms with Crippen molar-refractivity contribution in [2.24, 2.45) is 0 Å². The highest BCUT2D eigenvalue weighted by molar-refractivity contribution is 5.53. The summed E-state index contributed by atoms with van der Waals surface area (Å²) in [6, 6.07) is 7.42. The zero-order chi connectivity index (χ0) is 10.1. The zero-order valence-electron chi connectivity index (χ0n) is 9.17. The van der Waals surface area contributed by atoms with Gasteiger partial charge in [-0.1, -0.05) is 6.07 Å². The lowest BCUT2D eigenvalue weighted by Crippen LogP contribution is -2.57. The topological polar surface area (TPSA) is 15.3 Å². The molecule has 2 heteroatoms. The Balaban J connectivity index is 2.10. The number of hydrogen-bond donors (Lipinski definition) is 1. The molecule has 1 heterocycles. The number of anilines is 1. The Kier molecular flexibility index (Phi) is 2.46. The summed E-state index contributed by atoms with van der Waals surface area (Å²) in [5.41, 5.74) is 4.08. The lowest BCUT2D eigenvalue weighted by atomic mass is 10.1. The van der Waals surface area contributed by atoms with Crippen LogP contribution in [0.25, 0.3) is 0 Å². The monoisotopic (exact) mass is 190 g/mol. The average molecular weight is 190 g/mol. The van der Waals surface area contributed by atoms with Crippen molar-refractivity contribution < 1.29 is 0 Å². The lowest BCUT2D eigenvalue weighted by Gasteiger charge is -2.41. The van der Waals surface area contributed by atoms with Crippen LogP contribution in [-0.4, -0.2) is 26.2 Å². The second-order valence-corrected chi connectivity index (χ2v) is 4.24. The second kappa shape index (κ2) is 3.62. The summed E-state index contributed by atoms with van der Waals surface area (Å²) in [5, 5.41) is 3.29. The molecule has 0 aliphatic carbocycles. The van der Waals surface area contributed by atoms with E-state index in [9.17, 15) is 0 Å². The number of likely N-dealkylation sites (N-methyl/N-ethyl adjacent to an activating group) is 1. The second-order valence-electron chi connectivity index (χ2n) is 4.24. The molecule has 0 radical (unpaired) electrons. The number of rotatable bonds is 2. The number of benzene rings is 1. The third-order valence-electron chi connectivity index (χ3n) is 2.86. The summed E-state index contributed by atoms with van der Waals surface area (Å²) < 4.78 is 0. The van der Waals surface area contributed by atoms with Gasteiger partial charge in [0.2, 0.25) is 0 Å². The van der Waals surface area contributed by atoms with E-state index >= 15 is 0 Å². The molecule has 0 unspecified atom stereocenters. The number of hydrogen-bond acceptors (Lipinski definition) is 2. The van der Waals surface area contributed by atoms with Gasteiger partial charge < -0.3 is 10.2 Å². The predicted molar refractivity (Wildman–Crippen MR) is 61.0 cm³/mol. The summed E-state index contributed by atoms with van der Waals surface area (Å²) in [6.07, 6.45) is 0. The van der Waals surface area contributed by atoms with E-state index in [-0.39, 0.29) is 0 Å². The molecule has 1 N–H and O–H groups in total. The van der Waals surface area contributed by atoms with Gasteiger partial charge in [0.1, 0.15) is 0 Å². The van der Waals surface area contributed by atoms with Crippen molar-refractivity contribution in [2.75, 3.05) is 25.0 Å². The molecule has 2 rings (SSSR count). The van der Waals surface area contributed by atoms with Gasteiger partial charge in [0.25, 0.3) is 0 Å². The minimum absolute atomic E-state index is 0.677. The van der Waals surface area contributed by atoms with Gasteiger partial charge in [-0.2, -0.15) is 0 Å². The number of aryl methyl sites for hydroxylation is 2. The van der Waals surface area contributed by atoms with Crippen molar-refractivity contribution in [2.45, 2.75) is 19.9 Å². The SMILES string of the molecule is CNC1CN(c2cc(C)cc(C)c2)C1. The Morgan fingerprint density at radius 3 is 2.21 bits per heavy atom. The lowest BCUT2D eigenvalue weighted by molar-refractivity contribution is 0.450. The van der Waals surface area contributed by atoms with Gasteiger partial charge >= 0.3 is 0 Å². The summed E-state index contributed by atoms with van der Waals surface area (Å²) in [4.78, 5) is 2.42. The molecule has 0 bridgehead atoms. The molecule has 1 aliphatic rings. The van der Waals surface area contributed by atoms with Crippen LogP contribution in [0.3, 0.4) is 0 Å². The molecule has 1 saturated heterocycles. The molecule has 0 spiro atoms. The van der Waals surface area contributed by atoms with Gasteiger partial charge in [0.05, 0.1) is 0 Å². The van der Waals surface area contributed by atoms with E-state index in [4.69, 9.17) is 0 Å². The summed E-state index contributed by atoms with van der Waals surface area (Å²) in [6.45, 7) is 6.59. The molecule has 1 fully saturated rings. The van der Waals surface area contributed by atoms with Crippen LogP contribution >= 0.6 is 0 Å². The number of nitrogens with zero attached hydrogens (tertiary/aromatic N) is 1. The van der Waals surface area contributed by atoms with Crippen molar-refractivity contribution in [1.29, 1.82) is 0 Å². The van der Waals surface area contributed by atoms with Crippen LogP contribution in [0.2, 0.25) is 0 Å². The molecular weight excluding hydrogens is 172 g/mol. The maximum atomic E-state index is 3.29. The van der Waals surface area contributed by atoms with Crippen molar-refractivity contribution >= 4 is 5.69 Å². The van der Waals surface area contributed by atoms with Crippen LogP contribution < -0.4 is 10.2 Å². The Morgan fingerprint density at radius 2 is 1.71 bits per heavy atom. The zero-order valence-corrected chi connectivity index (χ0v) is 9.17. The molecule has 14 heavy (non-hydrogen) atoms. The molecule has 0 aromatic heterocycles. The summed E-state index contributed by atoms with van der Waals surface area (Å²) in [7, 11) is 2.03. The molecule has 1 aliphatic heterocycles. The number of nitrogens with one attached hydrogen (secondary N) is 1. The van der Waals surface area contributed by atoms with E-state index in [1.807, 2.05) is 7.05 Å². The third-order valence-corrected chi connectivity index (χ3v) is 2.86. The van der Waals surface area contributed by atoms with Gasteiger partial charge in [-0.25, -0.2) is 0 Å². The molecule has 2 nitrogen and oxygen atoms in total. The Labute approximate surface area is 85.9 Å². The highest BCUT2D eigenvalue weighted by Crippen LogP contribution is 2.23. The fraction of sp³-hybridized carbons (Fsp3) is 0.500. The van der Waals surface area contributed by atoms with Gasteiger partial charge in [-0.15, -0.1) is 0 Å². The standard InChI is InChI=1S/C12H18N2/c1-9-4-10(2)6-12(5-9)14-7-11(8-14)13-3/h4-6,11,13H,7-8H2,1-3H3. The Hall–Kier alpha value is -1.02. The summed E-state index contributed by atoms with van der Waals surface area (Å²) >= 11 is 0. The molecular formula is C12H18N2. The first-order chi connectivity index (χ1) is 6.69. The molecule has 0 amide bonds. The average Bonchev–Trinajstić information content (AvgIpc) is 2.00. The minimum atomic E-state index is 0.677. The van der Waals surface area contributed by atoms with E-state index in [1.165, 1.54) is 16.8 Å². The predicted octanol–water partition coefficient (Wildman–Crippen LogP) is 1.71. The molecule has 76 valence electrons. The van der Waals surface area contributed by atoms with Crippen LogP contribution in [0.15, 0.2) is 18.2 Å². The van der Waals surface area contributed by atoms with Crippen LogP contribution in [0.5, 0.6) is 0 Å². The van der Waals surface area contributed by atoms with Crippen molar-refractivity contribution in [1.82, 2.24) is 5.32 Å². The van der Waals surface area contributed by atoms with Gasteiger partial charge in [-0.3, -0.25) is 0 Å². The first-order valence-corrected chi connectivity index (χ1v) is 5.19. The van der Waals surface area contributed by atoms with E-state index in [0.717, 1.165) is 13.1 Å². The minimum Gasteiger partial charge on any atom is -0.368 e. The van der Waals surface area contributed by atoms with Crippen molar-refractivity contribution in [3.63, 3.8) is 0 Å². The summed E-state index contributed by atoms with van der Waals surface area (Å²) in [5.74, 6) is 0.